The summed E-state index contributed by atoms with van der Waals surface area (Å²) in [6.07, 6.45) is 3.89. The van der Waals surface area contributed by atoms with E-state index in [4.69, 9.17) is 27.9 Å². The fourth-order valence-electron chi connectivity index (χ4n) is 2.06. The van der Waals surface area contributed by atoms with Crippen LogP contribution in [0.1, 0.15) is 10.6 Å². The van der Waals surface area contributed by atoms with Crippen LogP contribution in [0.3, 0.4) is 0 Å². The predicted molar refractivity (Wildman–Crippen MR) is 99.5 cm³/mol. The van der Waals surface area contributed by atoms with Crippen molar-refractivity contribution < 1.29 is 4.74 Å². The quantitative estimate of drug-likeness (QED) is 0.544. The van der Waals surface area contributed by atoms with Crippen LogP contribution in [-0.2, 0) is 0 Å². The average molecular weight is 362 g/mol. The Morgan fingerprint density at radius 1 is 1.04 bits per heavy atom. The summed E-state index contributed by atoms with van der Waals surface area (Å²) in [7, 11) is 1.66. The Kier molecular flexibility index (Phi) is 5.01. The Hall–Kier alpha value is -1.81. The Morgan fingerprint density at radius 2 is 1.83 bits per heavy atom. The lowest BCUT2D eigenvalue weighted by molar-refractivity contribution is 0.415. The Labute approximate surface area is 149 Å². The molecule has 0 aliphatic heterocycles. The third-order valence-electron chi connectivity index (χ3n) is 3.28. The summed E-state index contributed by atoms with van der Waals surface area (Å²) in [4.78, 5) is 4.62. The van der Waals surface area contributed by atoms with E-state index >= 15 is 0 Å². The van der Waals surface area contributed by atoms with Crippen LogP contribution in [0.15, 0.2) is 47.8 Å². The van der Waals surface area contributed by atoms with Gasteiger partial charge in [-0.15, -0.1) is 11.3 Å². The molecule has 0 aliphatic rings. The first kappa shape index (κ1) is 16.1. The molecule has 3 aromatic rings. The molecule has 0 fully saturated rings. The van der Waals surface area contributed by atoms with Gasteiger partial charge in [-0.2, -0.15) is 0 Å². The van der Waals surface area contributed by atoms with Crippen molar-refractivity contribution in [2.24, 2.45) is 0 Å². The summed E-state index contributed by atoms with van der Waals surface area (Å²) in [5, 5.41) is 4.20. The largest absolute Gasteiger partial charge is 0.497 e. The standard InChI is InChI=1S/C18H13Cl2NOS/c1-22-15-7-3-13(4-8-15)17-11-23-18(21-17)9-5-12-2-6-14(19)10-16(12)20/h2-11H,1H3/b9-5+. The summed E-state index contributed by atoms with van der Waals surface area (Å²) in [5.74, 6) is 0.835. The van der Waals surface area contributed by atoms with Crippen molar-refractivity contribution in [2.75, 3.05) is 7.11 Å². The van der Waals surface area contributed by atoms with Gasteiger partial charge < -0.3 is 4.74 Å². The summed E-state index contributed by atoms with van der Waals surface area (Å²) in [5.41, 5.74) is 2.92. The molecular weight excluding hydrogens is 349 g/mol. The van der Waals surface area contributed by atoms with E-state index in [1.165, 1.54) is 0 Å². The number of hydrogen-bond donors (Lipinski definition) is 0. The molecule has 2 aromatic carbocycles. The molecular formula is C18H13Cl2NOS. The molecule has 0 saturated heterocycles. The van der Waals surface area contributed by atoms with Crippen LogP contribution in [0.25, 0.3) is 23.4 Å². The molecule has 0 bridgehead atoms. The number of methoxy groups -OCH3 is 1. The highest BCUT2D eigenvalue weighted by atomic mass is 35.5. The van der Waals surface area contributed by atoms with Gasteiger partial charge >= 0.3 is 0 Å². The summed E-state index contributed by atoms with van der Waals surface area (Å²) >= 11 is 13.6. The molecule has 2 nitrogen and oxygen atoms in total. The van der Waals surface area contributed by atoms with E-state index in [2.05, 4.69) is 4.98 Å². The zero-order valence-electron chi connectivity index (χ0n) is 12.3. The molecule has 0 saturated carbocycles. The minimum absolute atomic E-state index is 0.626. The second kappa shape index (κ2) is 7.18. The van der Waals surface area contributed by atoms with E-state index in [0.29, 0.717) is 10.0 Å². The van der Waals surface area contributed by atoms with E-state index in [0.717, 1.165) is 27.6 Å². The predicted octanol–water partition coefficient (Wildman–Crippen LogP) is 6.30. The van der Waals surface area contributed by atoms with E-state index in [-0.39, 0.29) is 0 Å². The summed E-state index contributed by atoms with van der Waals surface area (Å²) in [6.45, 7) is 0. The number of thiazole rings is 1. The van der Waals surface area contributed by atoms with Gasteiger partial charge in [-0.25, -0.2) is 4.98 Å². The highest BCUT2D eigenvalue weighted by Gasteiger charge is 2.04. The minimum Gasteiger partial charge on any atom is -0.497 e. The van der Waals surface area contributed by atoms with Crippen LogP contribution < -0.4 is 4.74 Å². The van der Waals surface area contributed by atoms with Gasteiger partial charge in [0.15, 0.2) is 0 Å². The van der Waals surface area contributed by atoms with Crippen LogP contribution in [0, 0.1) is 0 Å². The zero-order valence-corrected chi connectivity index (χ0v) is 14.6. The Morgan fingerprint density at radius 3 is 2.52 bits per heavy atom. The number of benzene rings is 2. The molecule has 3 rings (SSSR count). The molecule has 116 valence electrons. The number of rotatable bonds is 4. The van der Waals surface area contributed by atoms with Gasteiger partial charge in [-0.3, -0.25) is 0 Å². The summed E-state index contributed by atoms with van der Waals surface area (Å²) in [6, 6.07) is 13.3. The first-order valence-corrected chi connectivity index (χ1v) is 8.52. The SMILES string of the molecule is COc1ccc(-c2csc(/C=C/c3ccc(Cl)cc3Cl)n2)cc1. The Balaban J connectivity index is 1.79. The van der Waals surface area contributed by atoms with Crippen molar-refractivity contribution in [2.45, 2.75) is 0 Å². The van der Waals surface area contributed by atoms with Crippen molar-refractivity contribution in [1.29, 1.82) is 0 Å². The molecule has 23 heavy (non-hydrogen) atoms. The van der Waals surface area contributed by atoms with Gasteiger partial charge in [-0.05, 0) is 48.0 Å². The maximum absolute atomic E-state index is 6.16. The van der Waals surface area contributed by atoms with Crippen molar-refractivity contribution in [3.63, 3.8) is 0 Å². The van der Waals surface area contributed by atoms with Gasteiger partial charge in [0.05, 0.1) is 12.8 Å². The smallest absolute Gasteiger partial charge is 0.118 e. The highest BCUT2D eigenvalue weighted by Crippen LogP contribution is 2.26. The molecule has 5 heteroatoms. The maximum atomic E-state index is 6.16. The lowest BCUT2D eigenvalue weighted by Crippen LogP contribution is -1.83. The number of nitrogens with zero attached hydrogens (tertiary/aromatic N) is 1. The lowest BCUT2D eigenvalue weighted by Gasteiger charge is -2.00. The second-order valence-electron chi connectivity index (χ2n) is 4.80. The lowest BCUT2D eigenvalue weighted by atomic mass is 10.2. The highest BCUT2D eigenvalue weighted by molar-refractivity contribution is 7.10. The molecule has 1 heterocycles. The van der Waals surface area contributed by atoms with Gasteiger partial charge in [-0.1, -0.05) is 35.3 Å². The normalized spacial score (nSPS) is 11.1. The van der Waals surface area contributed by atoms with E-state index in [1.54, 1.807) is 24.5 Å². The molecule has 0 aliphatic carbocycles. The van der Waals surface area contributed by atoms with Gasteiger partial charge in [0.1, 0.15) is 10.8 Å². The van der Waals surface area contributed by atoms with Gasteiger partial charge in [0.2, 0.25) is 0 Å². The number of ether oxygens (including phenoxy) is 1. The first-order valence-electron chi connectivity index (χ1n) is 6.89. The zero-order chi connectivity index (χ0) is 16.2. The molecule has 0 spiro atoms. The van der Waals surface area contributed by atoms with E-state index in [9.17, 15) is 0 Å². The number of halogens is 2. The van der Waals surface area contributed by atoms with Crippen LogP contribution in [0.5, 0.6) is 5.75 Å². The van der Waals surface area contributed by atoms with Crippen molar-refractivity contribution in [3.8, 4) is 17.0 Å². The fourth-order valence-corrected chi connectivity index (χ4v) is 3.25. The van der Waals surface area contributed by atoms with E-state index < -0.39 is 0 Å². The summed E-state index contributed by atoms with van der Waals surface area (Å²) < 4.78 is 5.17. The Bertz CT molecular complexity index is 840. The van der Waals surface area contributed by atoms with E-state index in [1.807, 2.05) is 53.9 Å². The molecule has 0 atom stereocenters. The van der Waals surface area contributed by atoms with Crippen molar-refractivity contribution >= 4 is 46.7 Å². The van der Waals surface area contributed by atoms with Crippen molar-refractivity contribution in [3.05, 3.63) is 68.5 Å². The third kappa shape index (κ3) is 3.94. The molecule has 0 unspecified atom stereocenters. The number of hydrogen-bond acceptors (Lipinski definition) is 3. The monoisotopic (exact) mass is 361 g/mol. The average Bonchev–Trinajstić information content (AvgIpc) is 3.03. The van der Waals surface area contributed by atoms with Crippen molar-refractivity contribution in [1.82, 2.24) is 4.98 Å². The first-order chi connectivity index (χ1) is 11.2. The maximum Gasteiger partial charge on any atom is 0.118 e. The van der Waals surface area contributed by atoms with Crippen LogP contribution in [0.4, 0.5) is 0 Å². The molecule has 0 amide bonds. The second-order valence-corrected chi connectivity index (χ2v) is 6.53. The third-order valence-corrected chi connectivity index (χ3v) is 4.65. The number of aromatic nitrogens is 1. The van der Waals surface area contributed by atoms with Crippen LogP contribution in [-0.4, -0.2) is 12.1 Å². The molecule has 0 N–H and O–H groups in total. The van der Waals surface area contributed by atoms with Gasteiger partial charge in [0, 0.05) is 21.0 Å². The van der Waals surface area contributed by atoms with Gasteiger partial charge in [0.25, 0.3) is 0 Å². The molecule has 0 radical (unpaired) electrons. The van der Waals surface area contributed by atoms with Crippen LogP contribution in [0.2, 0.25) is 10.0 Å². The molecule has 1 aromatic heterocycles. The fraction of sp³-hybridized carbons (Fsp3) is 0.0556. The van der Waals surface area contributed by atoms with Crippen LogP contribution >= 0.6 is 34.5 Å². The minimum atomic E-state index is 0.626. The topological polar surface area (TPSA) is 22.1 Å².